The third-order valence-corrected chi connectivity index (χ3v) is 3.88. The molecule has 0 fully saturated rings. The van der Waals surface area contributed by atoms with Crippen LogP contribution in [0.15, 0.2) is 23.8 Å². The van der Waals surface area contributed by atoms with Crippen LogP contribution in [0.5, 0.6) is 0 Å². The molecule has 0 aliphatic heterocycles. The summed E-state index contributed by atoms with van der Waals surface area (Å²) in [4.78, 5) is 0. The quantitative estimate of drug-likeness (QED) is 0.803. The number of nitrogens with one attached hydrogen (secondary N) is 1. The Hall–Kier alpha value is -1.08. The van der Waals surface area contributed by atoms with Gasteiger partial charge in [0.2, 0.25) is 0 Å². The largest absolute Gasteiger partial charge is 0.310 e. The molecule has 1 heteroatoms. The van der Waals surface area contributed by atoms with Gasteiger partial charge in [0.15, 0.2) is 0 Å². The molecule has 0 amide bonds. The first-order valence-corrected chi connectivity index (χ1v) is 7.34. The second-order valence-electron chi connectivity index (χ2n) is 5.14. The summed E-state index contributed by atoms with van der Waals surface area (Å²) in [6.07, 6.45) is 7.08. The van der Waals surface area contributed by atoms with Crippen molar-refractivity contribution in [2.75, 3.05) is 6.54 Å². The van der Waals surface area contributed by atoms with Gasteiger partial charge in [0, 0.05) is 6.04 Å². The molecule has 98 valence electrons. The van der Waals surface area contributed by atoms with Crippen LogP contribution in [0, 0.1) is 0 Å². The fourth-order valence-electron chi connectivity index (χ4n) is 2.87. The highest BCUT2D eigenvalue weighted by molar-refractivity contribution is 5.62. The third-order valence-electron chi connectivity index (χ3n) is 3.88. The Morgan fingerprint density at radius 3 is 2.67 bits per heavy atom. The van der Waals surface area contributed by atoms with E-state index in [0.717, 1.165) is 13.0 Å². The first-order valence-electron chi connectivity index (χ1n) is 7.34. The Labute approximate surface area is 111 Å². The van der Waals surface area contributed by atoms with Crippen LogP contribution in [0.25, 0.3) is 6.08 Å². The minimum absolute atomic E-state index is 0.524. The molecule has 1 atom stereocenters. The topological polar surface area (TPSA) is 12.0 Å². The van der Waals surface area contributed by atoms with Gasteiger partial charge in [0.05, 0.1) is 0 Å². The summed E-state index contributed by atoms with van der Waals surface area (Å²) in [6.45, 7) is 7.86. The summed E-state index contributed by atoms with van der Waals surface area (Å²) in [5.74, 6) is 0. The minimum Gasteiger partial charge on any atom is -0.310 e. The highest BCUT2D eigenvalue weighted by atomic mass is 14.9. The number of hydrogen-bond donors (Lipinski definition) is 1. The molecular weight excluding hydrogens is 218 g/mol. The normalized spacial score (nSPS) is 18.4. The minimum atomic E-state index is 0.524. The van der Waals surface area contributed by atoms with Crippen LogP contribution in [-0.2, 0) is 6.42 Å². The summed E-state index contributed by atoms with van der Waals surface area (Å²) >= 11 is 0. The summed E-state index contributed by atoms with van der Waals surface area (Å²) in [7, 11) is 0. The van der Waals surface area contributed by atoms with Crippen molar-refractivity contribution in [2.24, 2.45) is 0 Å². The molecule has 1 N–H and O–H groups in total. The summed E-state index contributed by atoms with van der Waals surface area (Å²) in [5, 5.41) is 3.73. The van der Waals surface area contributed by atoms with Crippen LogP contribution >= 0.6 is 0 Å². The van der Waals surface area contributed by atoms with Crippen molar-refractivity contribution in [1.82, 2.24) is 5.32 Å². The molecule has 18 heavy (non-hydrogen) atoms. The molecule has 0 radical (unpaired) electrons. The Kier molecular flexibility index (Phi) is 4.60. The highest BCUT2D eigenvalue weighted by Gasteiger charge is 2.22. The molecule has 0 heterocycles. The van der Waals surface area contributed by atoms with Gasteiger partial charge >= 0.3 is 0 Å². The lowest BCUT2D eigenvalue weighted by Gasteiger charge is -2.28. The average Bonchev–Trinajstić information content (AvgIpc) is 2.43. The molecule has 1 aliphatic rings. The number of benzene rings is 1. The van der Waals surface area contributed by atoms with Crippen LogP contribution < -0.4 is 5.32 Å². The van der Waals surface area contributed by atoms with E-state index >= 15 is 0 Å². The molecule has 0 spiro atoms. The summed E-state index contributed by atoms with van der Waals surface area (Å²) in [5.41, 5.74) is 6.06. The summed E-state index contributed by atoms with van der Waals surface area (Å²) in [6, 6.07) is 7.27. The predicted molar refractivity (Wildman–Crippen MR) is 79.7 cm³/mol. The highest BCUT2D eigenvalue weighted by Crippen LogP contribution is 2.35. The summed E-state index contributed by atoms with van der Waals surface area (Å²) < 4.78 is 0. The van der Waals surface area contributed by atoms with Gasteiger partial charge in [-0.1, -0.05) is 50.6 Å². The maximum Gasteiger partial charge on any atom is 0.0366 e. The lowest BCUT2D eigenvalue weighted by Crippen LogP contribution is -2.26. The van der Waals surface area contributed by atoms with E-state index in [1.54, 1.807) is 11.1 Å². The van der Waals surface area contributed by atoms with E-state index in [1.165, 1.54) is 30.4 Å². The fourth-order valence-corrected chi connectivity index (χ4v) is 2.87. The van der Waals surface area contributed by atoms with Gasteiger partial charge in [-0.3, -0.25) is 0 Å². The number of rotatable bonds is 5. The van der Waals surface area contributed by atoms with Gasteiger partial charge in [0.25, 0.3) is 0 Å². The lowest BCUT2D eigenvalue weighted by atomic mass is 9.83. The van der Waals surface area contributed by atoms with E-state index in [4.69, 9.17) is 0 Å². The van der Waals surface area contributed by atoms with Crippen molar-refractivity contribution in [3.63, 3.8) is 0 Å². The van der Waals surface area contributed by atoms with Crippen LogP contribution in [-0.4, -0.2) is 6.54 Å². The molecule has 0 aromatic heterocycles. The Morgan fingerprint density at radius 1 is 1.17 bits per heavy atom. The number of hydrogen-bond acceptors (Lipinski definition) is 1. The monoisotopic (exact) mass is 243 g/mol. The van der Waals surface area contributed by atoms with Crippen molar-refractivity contribution in [1.29, 1.82) is 0 Å². The molecule has 0 bridgehead atoms. The van der Waals surface area contributed by atoms with Crippen LogP contribution in [0.1, 0.15) is 62.8 Å². The zero-order valence-corrected chi connectivity index (χ0v) is 11.9. The zero-order chi connectivity index (χ0) is 13.0. The van der Waals surface area contributed by atoms with E-state index in [0.29, 0.717) is 6.04 Å². The van der Waals surface area contributed by atoms with Gasteiger partial charge < -0.3 is 5.32 Å². The second kappa shape index (κ2) is 6.19. The Morgan fingerprint density at radius 2 is 2.00 bits per heavy atom. The molecule has 1 nitrogen and oxygen atoms in total. The van der Waals surface area contributed by atoms with Gasteiger partial charge in [-0.2, -0.15) is 0 Å². The van der Waals surface area contributed by atoms with Crippen LogP contribution in [0.4, 0.5) is 0 Å². The van der Waals surface area contributed by atoms with Gasteiger partial charge in [-0.25, -0.2) is 0 Å². The maximum atomic E-state index is 3.73. The van der Waals surface area contributed by atoms with Crippen LogP contribution in [0.3, 0.4) is 0 Å². The van der Waals surface area contributed by atoms with E-state index in [2.05, 4.69) is 50.4 Å². The molecule has 2 rings (SSSR count). The lowest BCUT2D eigenvalue weighted by molar-refractivity contribution is 0.515. The van der Waals surface area contributed by atoms with Crippen LogP contribution in [0.2, 0.25) is 0 Å². The molecule has 0 saturated heterocycles. The number of aryl methyl sites for hydroxylation is 1. The van der Waals surface area contributed by atoms with Crippen molar-refractivity contribution in [2.45, 2.75) is 52.5 Å². The number of fused-ring (bicyclic) bond motifs is 1. The standard InChI is InChI=1S/C17H25N/c1-4-10-18-16-12-13(5-2)11-15-9-7-8-14(6-3)17(15)16/h7-9,11,16,18H,4-6,10,12H2,1-3H3. The molecule has 0 saturated carbocycles. The van der Waals surface area contributed by atoms with E-state index in [-0.39, 0.29) is 0 Å². The van der Waals surface area contributed by atoms with E-state index in [1.807, 2.05) is 0 Å². The third kappa shape index (κ3) is 2.67. The first kappa shape index (κ1) is 13.4. The average molecular weight is 243 g/mol. The van der Waals surface area contributed by atoms with Gasteiger partial charge in [-0.15, -0.1) is 0 Å². The molecule has 1 unspecified atom stereocenters. The van der Waals surface area contributed by atoms with Crippen molar-refractivity contribution in [3.05, 3.63) is 40.5 Å². The maximum absolute atomic E-state index is 3.73. The van der Waals surface area contributed by atoms with Gasteiger partial charge in [-0.05, 0) is 48.9 Å². The first-order chi connectivity index (χ1) is 8.80. The van der Waals surface area contributed by atoms with E-state index < -0.39 is 0 Å². The van der Waals surface area contributed by atoms with Crippen molar-refractivity contribution < 1.29 is 0 Å². The Balaban J connectivity index is 2.38. The SMILES string of the molecule is CCCNC1CC(CC)=Cc2cccc(CC)c21. The molecule has 1 aromatic rings. The molecule has 1 aliphatic carbocycles. The zero-order valence-electron chi connectivity index (χ0n) is 11.9. The fraction of sp³-hybridized carbons (Fsp3) is 0.529. The van der Waals surface area contributed by atoms with Gasteiger partial charge in [0.1, 0.15) is 0 Å². The second-order valence-corrected chi connectivity index (χ2v) is 5.14. The predicted octanol–water partition coefficient (Wildman–Crippen LogP) is 4.49. The van der Waals surface area contributed by atoms with Crippen molar-refractivity contribution in [3.8, 4) is 0 Å². The molecule has 1 aromatic carbocycles. The van der Waals surface area contributed by atoms with Crippen molar-refractivity contribution >= 4 is 6.08 Å². The Bertz CT molecular complexity index is 431. The smallest absolute Gasteiger partial charge is 0.0366 e. The van der Waals surface area contributed by atoms with E-state index in [9.17, 15) is 0 Å². The molecular formula is C17H25N.